The molecule has 1 aliphatic heterocycles. The molecule has 24 heavy (non-hydrogen) atoms. The van der Waals surface area contributed by atoms with Crippen molar-refractivity contribution in [1.82, 2.24) is 0 Å². The van der Waals surface area contributed by atoms with E-state index in [-0.39, 0.29) is 41.2 Å². The zero-order valence-electron chi connectivity index (χ0n) is 13.1. The molecule has 0 unspecified atom stereocenters. The molecule has 5 aliphatic rings. The molecule has 0 spiro atoms. The van der Waals surface area contributed by atoms with Crippen LogP contribution in [0.2, 0.25) is 0 Å². The van der Waals surface area contributed by atoms with Gasteiger partial charge in [0.25, 0.3) is 5.69 Å². The molecular weight excluding hydrogens is 308 g/mol. The van der Waals surface area contributed by atoms with Gasteiger partial charge in [0.15, 0.2) is 0 Å². The second-order valence-corrected chi connectivity index (χ2v) is 7.39. The fraction of sp³-hybridized carbons (Fsp3) is 0.444. The van der Waals surface area contributed by atoms with Gasteiger partial charge in [0, 0.05) is 11.6 Å². The number of hydrogen-bond acceptors (Lipinski definition) is 4. The molecule has 4 aliphatic carbocycles. The van der Waals surface area contributed by atoms with Crippen molar-refractivity contribution in [2.24, 2.45) is 35.5 Å². The van der Waals surface area contributed by atoms with Crippen LogP contribution in [-0.4, -0.2) is 16.7 Å². The smallest absolute Gasteiger partial charge is 0.274 e. The van der Waals surface area contributed by atoms with Gasteiger partial charge in [-0.1, -0.05) is 18.2 Å². The maximum Gasteiger partial charge on any atom is 0.274 e. The predicted octanol–water partition coefficient (Wildman–Crippen LogP) is 2.46. The van der Waals surface area contributed by atoms with E-state index in [0.717, 1.165) is 6.42 Å². The van der Waals surface area contributed by atoms with Crippen LogP contribution in [0.25, 0.3) is 0 Å². The number of hydrogen-bond donors (Lipinski definition) is 0. The summed E-state index contributed by atoms with van der Waals surface area (Å²) in [6, 6.07) is 4.57. The van der Waals surface area contributed by atoms with Crippen molar-refractivity contribution in [3.8, 4) is 0 Å². The van der Waals surface area contributed by atoms with Crippen molar-refractivity contribution in [2.45, 2.75) is 13.3 Å². The summed E-state index contributed by atoms with van der Waals surface area (Å²) in [5, 5.41) is 11.2. The zero-order valence-corrected chi connectivity index (χ0v) is 13.1. The third-order valence-electron chi connectivity index (χ3n) is 6.31. The average molecular weight is 324 g/mol. The number of carbonyl (C=O) groups excluding carboxylic acids is 2. The number of amides is 2. The van der Waals surface area contributed by atoms with Gasteiger partial charge in [-0.2, -0.15) is 0 Å². The highest BCUT2D eigenvalue weighted by atomic mass is 16.6. The van der Waals surface area contributed by atoms with Crippen LogP contribution < -0.4 is 4.90 Å². The standard InChI is InChI=1S/C18H16N2O4/c1-8-2-3-9(6-14(8)20(23)24)19-17(21)15-10-4-5-11(13-7-12(10)13)16(15)18(19)22/h2-6,10-13,15-16H,7H2,1H3/t10-,11+,12-,13-,15-,16+/m1/s1. The highest BCUT2D eigenvalue weighted by molar-refractivity contribution is 6.22. The third kappa shape index (κ3) is 1.56. The number of rotatable bonds is 2. The Morgan fingerprint density at radius 3 is 2.21 bits per heavy atom. The summed E-state index contributed by atoms with van der Waals surface area (Å²) in [4.78, 5) is 37.8. The molecular formula is C18H16N2O4. The summed E-state index contributed by atoms with van der Waals surface area (Å²) in [5.74, 6) is 0.475. The summed E-state index contributed by atoms with van der Waals surface area (Å²) in [6.07, 6.45) is 5.35. The lowest BCUT2D eigenvalue weighted by Gasteiger charge is -2.37. The molecule has 6 rings (SSSR count). The normalized spacial score (nSPS) is 38.3. The highest BCUT2D eigenvalue weighted by Crippen LogP contribution is 2.65. The van der Waals surface area contributed by atoms with Gasteiger partial charge in [-0.3, -0.25) is 19.7 Å². The molecule has 6 nitrogen and oxygen atoms in total. The second-order valence-electron chi connectivity index (χ2n) is 7.39. The number of nitrogens with zero attached hydrogens (tertiary/aromatic N) is 2. The third-order valence-corrected chi connectivity index (χ3v) is 6.31. The Morgan fingerprint density at radius 1 is 1.08 bits per heavy atom. The summed E-state index contributed by atoms with van der Waals surface area (Å²) < 4.78 is 0. The van der Waals surface area contributed by atoms with Gasteiger partial charge in [0.05, 0.1) is 22.4 Å². The van der Waals surface area contributed by atoms with Crippen LogP contribution in [0.5, 0.6) is 0 Å². The molecule has 2 amide bonds. The molecule has 2 bridgehead atoms. The molecule has 6 atom stereocenters. The van der Waals surface area contributed by atoms with E-state index in [1.807, 2.05) is 0 Å². The zero-order chi connectivity index (χ0) is 16.7. The lowest BCUT2D eigenvalue weighted by molar-refractivity contribution is -0.385. The maximum atomic E-state index is 13.0. The average Bonchev–Trinajstić information content (AvgIpc) is 3.33. The first kappa shape index (κ1) is 13.9. The fourth-order valence-corrected chi connectivity index (χ4v) is 5.15. The quantitative estimate of drug-likeness (QED) is 0.362. The molecule has 0 aromatic heterocycles. The van der Waals surface area contributed by atoms with Gasteiger partial charge in [0.2, 0.25) is 11.8 Å². The second kappa shape index (κ2) is 4.32. The van der Waals surface area contributed by atoms with Crippen LogP contribution in [0.1, 0.15) is 12.0 Å². The van der Waals surface area contributed by atoms with Crippen molar-refractivity contribution in [3.05, 3.63) is 46.0 Å². The first-order chi connectivity index (χ1) is 11.5. The number of anilines is 1. The number of imide groups is 1. The largest absolute Gasteiger partial charge is 0.274 e. The van der Waals surface area contributed by atoms with Crippen molar-refractivity contribution >= 4 is 23.2 Å². The van der Waals surface area contributed by atoms with E-state index in [9.17, 15) is 19.7 Å². The molecule has 122 valence electrons. The van der Waals surface area contributed by atoms with Crippen LogP contribution in [0.15, 0.2) is 30.4 Å². The Kier molecular flexibility index (Phi) is 2.50. The molecule has 1 aromatic rings. The van der Waals surface area contributed by atoms with Crippen molar-refractivity contribution in [2.75, 3.05) is 4.90 Å². The summed E-state index contributed by atoms with van der Waals surface area (Å²) in [7, 11) is 0. The van der Waals surface area contributed by atoms with Gasteiger partial charge in [0.1, 0.15) is 0 Å². The highest BCUT2D eigenvalue weighted by Gasteiger charge is 2.67. The van der Waals surface area contributed by atoms with E-state index < -0.39 is 4.92 Å². The predicted molar refractivity (Wildman–Crippen MR) is 85.0 cm³/mol. The Balaban J connectivity index is 1.57. The Morgan fingerprint density at radius 2 is 1.67 bits per heavy atom. The molecule has 0 N–H and O–H groups in total. The number of benzene rings is 1. The Labute approximate surface area is 138 Å². The maximum absolute atomic E-state index is 13.0. The Hall–Kier alpha value is -2.50. The van der Waals surface area contributed by atoms with Crippen LogP contribution in [0.4, 0.5) is 11.4 Å². The summed E-state index contributed by atoms with van der Waals surface area (Å²) in [6.45, 7) is 1.65. The number of nitro groups is 1. The Bertz CT molecular complexity index is 809. The van der Waals surface area contributed by atoms with E-state index >= 15 is 0 Å². The number of nitro benzene ring substituents is 1. The monoisotopic (exact) mass is 324 g/mol. The van der Waals surface area contributed by atoms with E-state index in [4.69, 9.17) is 0 Å². The van der Waals surface area contributed by atoms with E-state index in [1.165, 1.54) is 11.0 Å². The van der Waals surface area contributed by atoms with Crippen LogP contribution in [-0.2, 0) is 9.59 Å². The molecule has 0 radical (unpaired) electrons. The van der Waals surface area contributed by atoms with Crippen molar-refractivity contribution in [1.29, 1.82) is 0 Å². The van der Waals surface area contributed by atoms with Crippen molar-refractivity contribution < 1.29 is 14.5 Å². The van der Waals surface area contributed by atoms with Crippen LogP contribution in [0.3, 0.4) is 0 Å². The topological polar surface area (TPSA) is 80.5 Å². The lowest BCUT2D eigenvalue weighted by atomic mass is 9.63. The SMILES string of the molecule is Cc1ccc(N2C(=O)[C@@H]3[C@@H]4C=C[C@@H]([C@H]5C[C@H]45)[C@@H]3C2=O)cc1[N+](=O)[O-]. The van der Waals surface area contributed by atoms with Gasteiger partial charge >= 0.3 is 0 Å². The first-order valence-electron chi connectivity index (χ1n) is 8.30. The van der Waals surface area contributed by atoms with E-state index in [0.29, 0.717) is 23.1 Å². The molecule has 2 saturated carbocycles. The van der Waals surface area contributed by atoms with Gasteiger partial charge in [-0.25, -0.2) is 4.90 Å². The van der Waals surface area contributed by atoms with E-state index in [1.54, 1.807) is 19.1 Å². The number of carbonyl (C=O) groups is 2. The molecule has 1 heterocycles. The minimum atomic E-state index is -0.475. The lowest BCUT2D eigenvalue weighted by Crippen LogP contribution is -2.40. The molecule has 1 aromatic carbocycles. The minimum Gasteiger partial charge on any atom is -0.274 e. The van der Waals surface area contributed by atoms with Gasteiger partial charge in [-0.05, 0) is 43.1 Å². The molecule has 6 heteroatoms. The molecule has 3 fully saturated rings. The van der Waals surface area contributed by atoms with Crippen LogP contribution >= 0.6 is 0 Å². The summed E-state index contributed by atoms with van der Waals surface area (Å²) in [5.41, 5.74) is 0.778. The molecule has 1 saturated heterocycles. The summed E-state index contributed by atoms with van der Waals surface area (Å²) >= 11 is 0. The van der Waals surface area contributed by atoms with Gasteiger partial charge in [-0.15, -0.1) is 0 Å². The number of aryl methyl sites for hydroxylation is 1. The fourth-order valence-electron chi connectivity index (χ4n) is 5.15. The van der Waals surface area contributed by atoms with E-state index in [2.05, 4.69) is 12.2 Å². The number of allylic oxidation sites excluding steroid dienone is 2. The first-order valence-corrected chi connectivity index (χ1v) is 8.30. The van der Waals surface area contributed by atoms with Crippen molar-refractivity contribution in [3.63, 3.8) is 0 Å². The van der Waals surface area contributed by atoms with Crippen LogP contribution in [0, 0.1) is 52.5 Å². The minimum absolute atomic E-state index is 0.0630. The van der Waals surface area contributed by atoms with Gasteiger partial charge < -0.3 is 0 Å².